The van der Waals surface area contributed by atoms with Crippen molar-refractivity contribution in [3.05, 3.63) is 40.7 Å². The number of aliphatic imine (C=N–C) groups is 1. The first-order valence-corrected chi connectivity index (χ1v) is 10.9. The summed E-state index contributed by atoms with van der Waals surface area (Å²) in [6.07, 6.45) is 3.51. The van der Waals surface area contributed by atoms with E-state index in [4.69, 9.17) is 14.5 Å². The Morgan fingerprint density at radius 3 is 2.93 bits per heavy atom. The van der Waals surface area contributed by atoms with Crippen LogP contribution in [0.2, 0.25) is 0 Å². The Kier molecular flexibility index (Phi) is 11.5. The second-order valence-corrected chi connectivity index (χ2v) is 7.62. The van der Waals surface area contributed by atoms with Crippen LogP contribution in [0, 0.1) is 0 Å². The van der Waals surface area contributed by atoms with E-state index in [0.717, 1.165) is 67.8 Å². The van der Waals surface area contributed by atoms with Crippen molar-refractivity contribution in [2.45, 2.75) is 38.8 Å². The summed E-state index contributed by atoms with van der Waals surface area (Å²) < 4.78 is 11.3. The van der Waals surface area contributed by atoms with Crippen molar-refractivity contribution < 1.29 is 9.47 Å². The minimum absolute atomic E-state index is 0. The molecule has 0 saturated carbocycles. The monoisotopic (exact) mass is 530 g/mol. The second kappa shape index (κ2) is 13.9. The highest BCUT2D eigenvalue weighted by molar-refractivity contribution is 14.0. The molecule has 1 unspecified atom stereocenters. The lowest BCUT2D eigenvalue weighted by Crippen LogP contribution is -2.38. The molecule has 2 heterocycles. The molecule has 1 aromatic carbocycles. The molecule has 0 amide bonds. The first-order valence-electron chi connectivity index (χ1n) is 10.1. The van der Waals surface area contributed by atoms with Crippen LogP contribution in [0.4, 0.5) is 0 Å². The highest BCUT2D eigenvalue weighted by Crippen LogP contribution is 2.21. The third-order valence-electron chi connectivity index (χ3n) is 4.42. The summed E-state index contributed by atoms with van der Waals surface area (Å²) in [6, 6.07) is 10.2. The average Bonchev–Trinajstić information content (AvgIpc) is 3.41. The molecule has 3 rings (SSSR count). The van der Waals surface area contributed by atoms with Gasteiger partial charge in [-0.05, 0) is 26.2 Å². The standard InChI is InChI=1S/C21H30N4O2S.HI/c1-2-22-21(23-11-7-12-26-15-18-10-6-13-27-18)24-14-20-25-19(16-28-20)17-8-4-3-5-9-17;/h3-5,8-9,16,18H,2,6-7,10-15H2,1H3,(H2,22,23,24);1H. The summed E-state index contributed by atoms with van der Waals surface area (Å²) in [5, 5.41) is 9.74. The molecule has 0 spiro atoms. The van der Waals surface area contributed by atoms with E-state index in [-0.39, 0.29) is 24.0 Å². The zero-order valence-electron chi connectivity index (χ0n) is 16.9. The lowest BCUT2D eigenvalue weighted by molar-refractivity contribution is 0.0168. The van der Waals surface area contributed by atoms with E-state index >= 15 is 0 Å². The molecule has 1 atom stereocenters. The number of thiazole rings is 1. The van der Waals surface area contributed by atoms with Crippen LogP contribution in [0.5, 0.6) is 0 Å². The van der Waals surface area contributed by atoms with Crippen LogP contribution in [-0.2, 0) is 16.0 Å². The number of benzene rings is 1. The van der Waals surface area contributed by atoms with Gasteiger partial charge in [-0.15, -0.1) is 35.3 Å². The minimum atomic E-state index is 0. The number of ether oxygens (including phenoxy) is 2. The first-order chi connectivity index (χ1) is 13.8. The number of hydrogen-bond donors (Lipinski definition) is 2. The SMILES string of the molecule is CCNC(=NCc1nc(-c2ccccc2)cs1)NCCCOCC1CCCO1.I. The molecule has 1 aliphatic heterocycles. The second-order valence-electron chi connectivity index (χ2n) is 6.68. The molecule has 6 nitrogen and oxygen atoms in total. The van der Waals surface area contributed by atoms with E-state index in [1.165, 1.54) is 0 Å². The molecule has 8 heteroatoms. The fourth-order valence-corrected chi connectivity index (χ4v) is 3.71. The van der Waals surface area contributed by atoms with E-state index in [9.17, 15) is 0 Å². The van der Waals surface area contributed by atoms with Crippen LogP contribution in [0.1, 0.15) is 31.2 Å². The number of hydrogen-bond acceptors (Lipinski definition) is 5. The van der Waals surface area contributed by atoms with Crippen molar-refractivity contribution in [1.29, 1.82) is 0 Å². The summed E-state index contributed by atoms with van der Waals surface area (Å²) >= 11 is 1.65. The maximum atomic E-state index is 5.70. The molecular formula is C21H31IN4O2S. The Labute approximate surface area is 194 Å². The molecule has 0 aliphatic carbocycles. The number of nitrogens with zero attached hydrogens (tertiary/aromatic N) is 2. The van der Waals surface area contributed by atoms with Crippen molar-refractivity contribution in [1.82, 2.24) is 15.6 Å². The zero-order chi connectivity index (χ0) is 19.4. The molecule has 1 saturated heterocycles. The number of nitrogens with one attached hydrogen (secondary N) is 2. The largest absolute Gasteiger partial charge is 0.379 e. The highest BCUT2D eigenvalue weighted by atomic mass is 127. The summed E-state index contributed by atoms with van der Waals surface area (Å²) in [5.74, 6) is 0.818. The fourth-order valence-electron chi connectivity index (χ4n) is 2.99. The van der Waals surface area contributed by atoms with Crippen molar-refractivity contribution in [2.75, 3.05) is 32.9 Å². The molecule has 2 N–H and O–H groups in total. The van der Waals surface area contributed by atoms with Crippen LogP contribution in [-0.4, -0.2) is 50.0 Å². The maximum Gasteiger partial charge on any atom is 0.191 e. The summed E-state index contributed by atoms with van der Waals surface area (Å²) in [4.78, 5) is 9.35. The zero-order valence-corrected chi connectivity index (χ0v) is 20.1. The Hall–Kier alpha value is -1.23. The quantitative estimate of drug-likeness (QED) is 0.210. The third-order valence-corrected chi connectivity index (χ3v) is 5.26. The Balaban J connectivity index is 0.00000300. The number of halogens is 1. The highest BCUT2D eigenvalue weighted by Gasteiger charge is 2.14. The van der Waals surface area contributed by atoms with Gasteiger partial charge in [0.15, 0.2) is 5.96 Å². The first kappa shape index (κ1) is 24.0. The Morgan fingerprint density at radius 2 is 2.17 bits per heavy atom. The van der Waals surface area contributed by atoms with Crippen molar-refractivity contribution >= 4 is 41.3 Å². The minimum Gasteiger partial charge on any atom is -0.379 e. The van der Waals surface area contributed by atoms with Crippen LogP contribution in [0.3, 0.4) is 0 Å². The van der Waals surface area contributed by atoms with E-state index < -0.39 is 0 Å². The van der Waals surface area contributed by atoms with Crippen LogP contribution < -0.4 is 10.6 Å². The molecule has 1 aliphatic rings. The number of guanidine groups is 1. The van der Waals surface area contributed by atoms with Gasteiger partial charge in [-0.25, -0.2) is 9.98 Å². The Bertz CT molecular complexity index is 720. The van der Waals surface area contributed by atoms with E-state index in [1.54, 1.807) is 11.3 Å². The van der Waals surface area contributed by atoms with E-state index in [1.807, 2.05) is 18.2 Å². The molecule has 0 bridgehead atoms. The van der Waals surface area contributed by atoms with Gasteiger partial charge in [0.25, 0.3) is 0 Å². The van der Waals surface area contributed by atoms with Gasteiger partial charge in [0.1, 0.15) is 5.01 Å². The van der Waals surface area contributed by atoms with Crippen LogP contribution in [0.15, 0.2) is 40.7 Å². The van der Waals surface area contributed by atoms with E-state index in [2.05, 4.69) is 40.1 Å². The summed E-state index contributed by atoms with van der Waals surface area (Å²) in [5.41, 5.74) is 2.15. The van der Waals surface area contributed by atoms with E-state index in [0.29, 0.717) is 19.3 Å². The fraction of sp³-hybridized carbons (Fsp3) is 0.524. The van der Waals surface area contributed by atoms with Gasteiger partial charge in [0.2, 0.25) is 0 Å². The molecule has 29 heavy (non-hydrogen) atoms. The Morgan fingerprint density at radius 1 is 1.31 bits per heavy atom. The molecule has 1 fully saturated rings. The van der Waals surface area contributed by atoms with Gasteiger partial charge in [-0.2, -0.15) is 0 Å². The predicted octanol–water partition coefficient (Wildman–Crippen LogP) is 4.07. The normalized spacial score (nSPS) is 16.4. The maximum absolute atomic E-state index is 5.70. The summed E-state index contributed by atoms with van der Waals surface area (Å²) in [7, 11) is 0. The van der Waals surface area contributed by atoms with Gasteiger partial charge in [0.05, 0.1) is 24.9 Å². The number of aromatic nitrogens is 1. The smallest absolute Gasteiger partial charge is 0.191 e. The molecule has 0 radical (unpaired) electrons. The van der Waals surface area contributed by atoms with Crippen molar-refractivity contribution in [3.8, 4) is 11.3 Å². The van der Waals surface area contributed by atoms with Gasteiger partial charge in [0, 0.05) is 37.2 Å². The third kappa shape index (κ3) is 8.57. The van der Waals surface area contributed by atoms with Gasteiger partial charge < -0.3 is 20.1 Å². The summed E-state index contributed by atoms with van der Waals surface area (Å²) in [6.45, 7) is 6.62. The molecule has 2 aromatic rings. The molecule has 1 aromatic heterocycles. The van der Waals surface area contributed by atoms with Crippen molar-refractivity contribution in [3.63, 3.8) is 0 Å². The van der Waals surface area contributed by atoms with Crippen molar-refractivity contribution in [2.24, 2.45) is 4.99 Å². The van der Waals surface area contributed by atoms with Gasteiger partial charge in [-0.3, -0.25) is 0 Å². The molecule has 160 valence electrons. The van der Waals surface area contributed by atoms with Crippen LogP contribution in [0.25, 0.3) is 11.3 Å². The van der Waals surface area contributed by atoms with Crippen LogP contribution >= 0.6 is 35.3 Å². The number of rotatable bonds is 10. The predicted molar refractivity (Wildman–Crippen MR) is 130 cm³/mol. The lowest BCUT2D eigenvalue weighted by atomic mass is 10.2. The average molecular weight is 530 g/mol. The lowest BCUT2D eigenvalue weighted by Gasteiger charge is -2.12. The van der Waals surface area contributed by atoms with Gasteiger partial charge >= 0.3 is 0 Å². The topological polar surface area (TPSA) is 67.8 Å². The molecular weight excluding hydrogens is 499 g/mol. The van der Waals surface area contributed by atoms with Gasteiger partial charge in [-0.1, -0.05) is 30.3 Å².